The van der Waals surface area contributed by atoms with Gasteiger partial charge in [-0.25, -0.2) is 0 Å². The van der Waals surface area contributed by atoms with Crippen LogP contribution in [0.1, 0.15) is 38.2 Å². The minimum absolute atomic E-state index is 0.171. The van der Waals surface area contributed by atoms with E-state index in [9.17, 15) is 0 Å². The normalized spacial score (nSPS) is 29.3. The van der Waals surface area contributed by atoms with Gasteiger partial charge in [0.25, 0.3) is 0 Å². The van der Waals surface area contributed by atoms with Gasteiger partial charge in [-0.05, 0) is 30.9 Å². The van der Waals surface area contributed by atoms with Crippen molar-refractivity contribution in [1.29, 1.82) is 0 Å². The maximum absolute atomic E-state index is 6.34. The Morgan fingerprint density at radius 3 is 2.33 bits per heavy atom. The summed E-state index contributed by atoms with van der Waals surface area (Å²) in [6.07, 6.45) is 7.13. The number of hydrogen-bond donors (Lipinski definition) is 0. The topological polar surface area (TPSA) is 27.7 Å². The summed E-state index contributed by atoms with van der Waals surface area (Å²) >= 11 is 0. The predicted molar refractivity (Wildman–Crippen MR) is 101 cm³/mol. The zero-order valence-electron chi connectivity index (χ0n) is 15.6. The molecule has 2 atom stereocenters. The second kappa shape index (κ2) is 7.96. The molecule has 2 unspecified atom stereocenters. The molecule has 1 aromatic rings. The Kier molecular flexibility index (Phi) is 6.43. The van der Waals surface area contributed by atoms with Crippen LogP contribution in [0.25, 0.3) is 0 Å². The van der Waals surface area contributed by atoms with E-state index in [1.165, 1.54) is 5.56 Å². The average Bonchev–Trinajstić information content (AvgIpc) is 2.64. The molecule has 0 aliphatic carbocycles. The molecule has 0 N–H and O–H groups in total. The Morgan fingerprint density at radius 2 is 1.83 bits per heavy atom. The summed E-state index contributed by atoms with van der Waals surface area (Å²) < 4.78 is 18.6. The van der Waals surface area contributed by atoms with Crippen molar-refractivity contribution in [3.8, 4) is 0 Å². The summed E-state index contributed by atoms with van der Waals surface area (Å²) in [5.74, 6) is 0. The fourth-order valence-electron chi connectivity index (χ4n) is 4.82. The third kappa shape index (κ3) is 2.90. The molecule has 1 fully saturated rings. The maximum Gasteiger partial charge on any atom is 0.371 e. The molecule has 2 rings (SSSR count). The van der Waals surface area contributed by atoms with Crippen LogP contribution in [0.2, 0.25) is 6.04 Å². The molecular weight excluding hydrogens is 316 g/mol. The zero-order chi connectivity index (χ0) is 17.7. The Labute approximate surface area is 148 Å². The zero-order valence-corrected chi connectivity index (χ0v) is 16.6. The molecule has 0 radical (unpaired) electrons. The molecule has 134 valence electrons. The van der Waals surface area contributed by atoms with Crippen LogP contribution in [0.4, 0.5) is 0 Å². The van der Waals surface area contributed by atoms with Crippen molar-refractivity contribution in [2.75, 3.05) is 21.3 Å². The van der Waals surface area contributed by atoms with Gasteiger partial charge in [-0.2, -0.15) is 0 Å². The quantitative estimate of drug-likeness (QED) is 0.505. The number of methoxy groups -OCH3 is 1. The Morgan fingerprint density at radius 1 is 1.17 bits per heavy atom. The fraction of sp³-hybridized carbons (Fsp3) is 0.600. The summed E-state index contributed by atoms with van der Waals surface area (Å²) in [5.41, 5.74) is 1.14. The number of rotatable bonds is 8. The van der Waals surface area contributed by atoms with E-state index in [1.807, 2.05) is 7.11 Å². The van der Waals surface area contributed by atoms with Crippen molar-refractivity contribution >= 4 is 8.56 Å². The number of benzene rings is 1. The molecule has 3 nitrogen and oxygen atoms in total. The lowest BCUT2D eigenvalue weighted by Gasteiger charge is -2.58. The Bertz CT molecular complexity index is 529. The first-order valence-electron chi connectivity index (χ1n) is 8.92. The van der Waals surface area contributed by atoms with E-state index in [0.717, 1.165) is 38.1 Å². The Hall–Kier alpha value is -0.943. The summed E-state index contributed by atoms with van der Waals surface area (Å²) in [6, 6.07) is 11.6. The Balaban J connectivity index is 2.58. The van der Waals surface area contributed by atoms with E-state index in [1.54, 1.807) is 14.2 Å². The molecular formula is C20H32O3Si. The van der Waals surface area contributed by atoms with Gasteiger partial charge in [0.15, 0.2) is 0 Å². The van der Waals surface area contributed by atoms with Gasteiger partial charge in [0.2, 0.25) is 0 Å². The number of ether oxygens (including phenoxy) is 1. The van der Waals surface area contributed by atoms with E-state index in [2.05, 4.69) is 49.9 Å². The van der Waals surface area contributed by atoms with Gasteiger partial charge in [0.05, 0.1) is 0 Å². The molecule has 1 heterocycles. The predicted octanol–water partition coefficient (Wildman–Crippen LogP) is 4.65. The van der Waals surface area contributed by atoms with Gasteiger partial charge in [0.1, 0.15) is 5.22 Å². The lowest BCUT2D eigenvalue weighted by molar-refractivity contribution is -0.0864. The minimum atomic E-state index is -2.53. The van der Waals surface area contributed by atoms with Crippen LogP contribution in [0.5, 0.6) is 0 Å². The fourth-order valence-corrected chi connectivity index (χ4v) is 9.12. The highest BCUT2D eigenvalue weighted by Gasteiger charge is 2.68. The van der Waals surface area contributed by atoms with Gasteiger partial charge >= 0.3 is 8.56 Å². The monoisotopic (exact) mass is 348 g/mol. The highest BCUT2D eigenvalue weighted by molar-refractivity contribution is 6.71. The van der Waals surface area contributed by atoms with Crippen LogP contribution in [0.15, 0.2) is 43.0 Å². The van der Waals surface area contributed by atoms with Gasteiger partial charge in [-0.15, -0.1) is 6.58 Å². The molecule has 24 heavy (non-hydrogen) atoms. The highest BCUT2D eigenvalue weighted by atomic mass is 28.4. The first kappa shape index (κ1) is 19.4. The molecule has 0 saturated carbocycles. The molecule has 1 aliphatic rings. The van der Waals surface area contributed by atoms with Gasteiger partial charge in [-0.3, -0.25) is 0 Å². The van der Waals surface area contributed by atoms with Crippen LogP contribution >= 0.6 is 0 Å². The standard InChI is InChI=1S/C20H32O3Si/c1-6-14-20(21-3)19(7-2,17-18-12-9-8-10-13-18)15-11-16-24(20,22-4)23-5/h7-10,12-13H,2,6,11,14-17H2,1,3-5H3. The van der Waals surface area contributed by atoms with E-state index < -0.39 is 13.8 Å². The van der Waals surface area contributed by atoms with Crippen LogP contribution < -0.4 is 0 Å². The maximum atomic E-state index is 6.34. The van der Waals surface area contributed by atoms with Crippen LogP contribution in [0, 0.1) is 5.41 Å². The first-order chi connectivity index (χ1) is 11.6. The van der Waals surface area contributed by atoms with E-state index in [4.69, 9.17) is 13.6 Å². The molecule has 0 spiro atoms. The summed E-state index contributed by atoms with van der Waals surface area (Å²) in [7, 11) is 2.87. The van der Waals surface area contributed by atoms with Crippen molar-refractivity contribution in [1.82, 2.24) is 0 Å². The van der Waals surface area contributed by atoms with Crippen molar-refractivity contribution in [3.05, 3.63) is 48.6 Å². The minimum Gasteiger partial charge on any atom is -0.396 e. The SMILES string of the molecule is C=CC1(Cc2ccccc2)CCC[Si](OC)(OC)C1(CCC)OC. The molecule has 4 heteroatoms. The molecule has 1 aromatic carbocycles. The third-order valence-electron chi connectivity index (χ3n) is 5.91. The van der Waals surface area contributed by atoms with Crippen LogP contribution in [-0.2, 0) is 20.0 Å². The molecule has 0 amide bonds. The van der Waals surface area contributed by atoms with Gasteiger partial charge in [-0.1, -0.05) is 56.2 Å². The van der Waals surface area contributed by atoms with E-state index in [-0.39, 0.29) is 5.41 Å². The molecule has 0 bridgehead atoms. The first-order valence-corrected chi connectivity index (χ1v) is 10.9. The highest BCUT2D eigenvalue weighted by Crippen LogP contribution is 2.55. The largest absolute Gasteiger partial charge is 0.396 e. The van der Waals surface area contributed by atoms with Crippen molar-refractivity contribution in [2.45, 2.75) is 50.3 Å². The van der Waals surface area contributed by atoms with Crippen molar-refractivity contribution < 1.29 is 13.6 Å². The summed E-state index contributed by atoms with van der Waals surface area (Å²) in [4.78, 5) is 0. The third-order valence-corrected chi connectivity index (χ3v) is 10.4. The smallest absolute Gasteiger partial charge is 0.371 e. The second-order valence-corrected chi connectivity index (χ2v) is 10.4. The molecule has 0 aromatic heterocycles. The van der Waals surface area contributed by atoms with Crippen molar-refractivity contribution in [3.63, 3.8) is 0 Å². The average molecular weight is 349 g/mol. The van der Waals surface area contributed by atoms with Crippen molar-refractivity contribution in [2.24, 2.45) is 5.41 Å². The lowest BCUT2D eigenvalue weighted by atomic mass is 9.71. The summed E-state index contributed by atoms with van der Waals surface area (Å²) in [6.45, 7) is 6.45. The van der Waals surface area contributed by atoms with E-state index >= 15 is 0 Å². The van der Waals surface area contributed by atoms with Gasteiger partial charge in [0, 0.05) is 26.7 Å². The van der Waals surface area contributed by atoms with Gasteiger partial charge < -0.3 is 13.6 Å². The number of hydrogen-bond acceptors (Lipinski definition) is 3. The lowest BCUT2D eigenvalue weighted by Crippen LogP contribution is -2.72. The second-order valence-electron chi connectivity index (χ2n) is 6.82. The van der Waals surface area contributed by atoms with Crippen LogP contribution in [0.3, 0.4) is 0 Å². The van der Waals surface area contributed by atoms with Crippen LogP contribution in [-0.4, -0.2) is 35.1 Å². The van der Waals surface area contributed by atoms with E-state index in [0.29, 0.717) is 0 Å². The molecule has 1 saturated heterocycles. The summed E-state index contributed by atoms with van der Waals surface area (Å²) in [5, 5.41) is -0.423. The molecule has 1 aliphatic heterocycles.